The number of fused-ring (bicyclic) bond motifs is 3. The third-order valence-electron chi connectivity index (χ3n) is 6.14. The molecule has 0 radical (unpaired) electrons. The Balaban J connectivity index is 1.59. The molecular formula is C23H29N3O2. The van der Waals surface area contributed by atoms with Crippen LogP contribution in [-0.4, -0.2) is 50.3 Å². The van der Waals surface area contributed by atoms with Crippen LogP contribution in [0.25, 0.3) is 5.70 Å². The number of hydrogen-bond donors (Lipinski definition) is 0. The van der Waals surface area contributed by atoms with Crippen LogP contribution in [-0.2, 0) is 6.42 Å². The zero-order valence-electron chi connectivity index (χ0n) is 17.0. The van der Waals surface area contributed by atoms with Crippen LogP contribution >= 0.6 is 0 Å². The molecule has 0 saturated carbocycles. The van der Waals surface area contributed by atoms with Gasteiger partial charge in [-0.05, 0) is 56.2 Å². The van der Waals surface area contributed by atoms with Gasteiger partial charge < -0.3 is 14.4 Å². The number of rotatable bonds is 5. The van der Waals surface area contributed by atoms with E-state index in [4.69, 9.17) is 9.47 Å². The van der Waals surface area contributed by atoms with E-state index in [-0.39, 0.29) is 0 Å². The molecule has 0 N–H and O–H groups in total. The van der Waals surface area contributed by atoms with Crippen LogP contribution in [0.3, 0.4) is 0 Å². The first-order valence-corrected chi connectivity index (χ1v) is 10.3. The van der Waals surface area contributed by atoms with E-state index in [1.165, 1.54) is 31.2 Å². The molecule has 0 unspecified atom stereocenters. The first-order valence-electron chi connectivity index (χ1n) is 10.3. The van der Waals surface area contributed by atoms with E-state index in [1.54, 1.807) is 19.8 Å². The standard InChI is InChI=1S/C23H29N3O2/c1-27-21-12-18-9-11-26-16-25(10-8-17-6-4-3-5-7-17)15-19(14-24)23(26)20(18)13-22(21)28-2/h6,12-13H,3-5,7-11,15-16H2,1-2H3. The van der Waals surface area contributed by atoms with Gasteiger partial charge in [-0.3, -0.25) is 4.90 Å². The fourth-order valence-corrected chi connectivity index (χ4v) is 4.64. The van der Waals surface area contributed by atoms with E-state index >= 15 is 0 Å². The summed E-state index contributed by atoms with van der Waals surface area (Å²) < 4.78 is 11.0. The van der Waals surface area contributed by atoms with Crippen LogP contribution < -0.4 is 9.47 Å². The molecule has 0 amide bonds. The number of benzene rings is 1. The predicted molar refractivity (Wildman–Crippen MR) is 110 cm³/mol. The summed E-state index contributed by atoms with van der Waals surface area (Å²) in [6, 6.07) is 6.59. The van der Waals surface area contributed by atoms with Gasteiger partial charge in [0.05, 0.1) is 38.2 Å². The van der Waals surface area contributed by atoms with Gasteiger partial charge in [-0.25, -0.2) is 0 Å². The maximum absolute atomic E-state index is 9.89. The molecule has 0 spiro atoms. The summed E-state index contributed by atoms with van der Waals surface area (Å²) in [5, 5.41) is 9.89. The van der Waals surface area contributed by atoms with Gasteiger partial charge in [0.25, 0.3) is 0 Å². The Morgan fingerprint density at radius 3 is 2.64 bits per heavy atom. The van der Waals surface area contributed by atoms with Crippen molar-refractivity contribution in [3.63, 3.8) is 0 Å². The SMILES string of the molecule is COc1cc2c(cc1OC)C1=C(C#N)CN(CCC3=CCCCC3)CN1CC2. The van der Waals surface area contributed by atoms with Crippen molar-refractivity contribution in [2.24, 2.45) is 0 Å². The minimum absolute atomic E-state index is 0.722. The molecular weight excluding hydrogens is 350 g/mol. The number of nitriles is 1. The van der Waals surface area contributed by atoms with E-state index in [2.05, 4.69) is 28.0 Å². The molecule has 4 rings (SSSR count). The molecule has 1 aromatic carbocycles. The second-order valence-electron chi connectivity index (χ2n) is 7.87. The topological polar surface area (TPSA) is 48.7 Å². The maximum Gasteiger partial charge on any atom is 0.161 e. The molecule has 3 aliphatic rings. The number of allylic oxidation sites excluding steroid dienone is 1. The summed E-state index contributed by atoms with van der Waals surface area (Å²) >= 11 is 0. The third kappa shape index (κ3) is 3.62. The molecule has 0 atom stereocenters. The minimum Gasteiger partial charge on any atom is -0.493 e. The van der Waals surface area contributed by atoms with Gasteiger partial charge in [0.2, 0.25) is 0 Å². The van der Waals surface area contributed by atoms with Gasteiger partial charge in [0.15, 0.2) is 11.5 Å². The van der Waals surface area contributed by atoms with E-state index in [0.29, 0.717) is 0 Å². The molecule has 28 heavy (non-hydrogen) atoms. The second-order valence-corrected chi connectivity index (χ2v) is 7.87. The lowest BCUT2D eigenvalue weighted by Crippen LogP contribution is -2.46. The normalized spacial score (nSPS) is 19.5. The highest BCUT2D eigenvalue weighted by molar-refractivity contribution is 5.77. The predicted octanol–water partition coefficient (Wildman–Crippen LogP) is 3.96. The minimum atomic E-state index is 0.722. The zero-order chi connectivity index (χ0) is 19.5. The lowest BCUT2D eigenvalue weighted by Gasteiger charge is -2.42. The van der Waals surface area contributed by atoms with Crippen molar-refractivity contribution < 1.29 is 9.47 Å². The number of hydrogen-bond acceptors (Lipinski definition) is 5. The van der Waals surface area contributed by atoms with Gasteiger partial charge >= 0.3 is 0 Å². The Morgan fingerprint density at radius 2 is 1.93 bits per heavy atom. The average Bonchev–Trinajstić information content (AvgIpc) is 2.76. The summed E-state index contributed by atoms with van der Waals surface area (Å²) in [4.78, 5) is 4.79. The fourth-order valence-electron chi connectivity index (χ4n) is 4.64. The molecule has 148 valence electrons. The quantitative estimate of drug-likeness (QED) is 0.725. The summed E-state index contributed by atoms with van der Waals surface area (Å²) in [5.74, 6) is 1.48. The zero-order valence-corrected chi connectivity index (χ0v) is 17.0. The van der Waals surface area contributed by atoms with Crippen LogP contribution in [0.1, 0.15) is 43.2 Å². The Bertz CT molecular complexity index is 850. The Morgan fingerprint density at radius 1 is 1.11 bits per heavy atom. The highest BCUT2D eigenvalue weighted by Gasteiger charge is 2.31. The first kappa shape index (κ1) is 18.9. The summed E-state index contributed by atoms with van der Waals surface area (Å²) in [6.07, 6.45) is 9.65. The average molecular weight is 380 g/mol. The number of ether oxygens (including phenoxy) is 2. The largest absolute Gasteiger partial charge is 0.493 e. The van der Waals surface area contributed by atoms with Crippen molar-refractivity contribution in [2.75, 3.05) is 40.5 Å². The fraction of sp³-hybridized carbons (Fsp3) is 0.522. The molecule has 0 saturated heterocycles. The monoisotopic (exact) mass is 379 g/mol. The Kier molecular flexibility index (Phi) is 5.59. The summed E-state index contributed by atoms with van der Waals surface area (Å²) in [6.45, 7) is 3.58. The summed E-state index contributed by atoms with van der Waals surface area (Å²) in [5.41, 5.74) is 5.89. The van der Waals surface area contributed by atoms with Gasteiger partial charge in [-0.15, -0.1) is 0 Å². The molecule has 0 aromatic heterocycles. The Hall–Kier alpha value is -2.45. The van der Waals surface area contributed by atoms with E-state index < -0.39 is 0 Å². The molecule has 5 nitrogen and oxygen atoms in total. The van der Waals surface area contributed by atoms with Crippen LogP contribution in [0.2, 0.25) is 0 Å². The van der Waals surface area contributed by atoms with Crippen molar-refractivity contribution >= 4 is 5.70 Å². The highest BCUT2D eigenvalue weighted by atomic mass is 16.5. The molecule has 1 aromatic rings. The molecule has 2 aliphatic heterocycles. The van der Waals surface area contributed by atoms with Crippen LogP contribution in [0.15, 0.2) is 29.4 Å². The van der Waals surface area contributed by atoms with Gasteiger partial charge in [0.1, 0.15) is 0 Å². The van der Waals surface area contributed by atoms with Crippen molar-refractivity contribution in [2.45, 2.75) is 38.5 Å². The van der Waals surface area contributed by atoms with Gasteiger partial charge in [-0.1, -0.05) is 11.6 Å². The molecule has 0 fully saturated rings. The van der Waals surface area contributed by atoms with Crippen molar-refractivity contribution in [1.29, 1.82) is 5.26 Å². The smallest absolute Gasteiger partial charge is 0.161 e. The number of methoxy groups -OCH3 is 2. The molecule has 0 bridgehead atoms. The molecule has 1 aliphatic carbocycles. The van der Waals surface area contributed by atoms with Crippen molar-refractivity contribution in [1.82, 2.24) is 9.80 Å². The lowest BCUT2D eigenvalue weighted by molar-refractivity contribution is 0.175. The van der Waals surface area contributed by atoms with E-state index in [1.807, 2.05) is 6.07 Å². The molecule has 5 heteroatoms. The second kappa shape index (κ2) is 8.28. The first-order chi connectivity index (χ1) is 13.7. The highest BCUT2D eigenvalue weighted by Crippen LogP contribution is 2.40. The van der Waals surface area contributed by atoms with E-state index in [0.717, 1.165) is 67.5 Å². The Labute approximate surface area is 167 Å². The lowest BCUT2D eigenvalue weighted by atomic mass is 9.91. The van der Waals surface area contributed by atoms with Crippen LogP contribution in [0.5, 0.6) is 11.5 Å². The summed E-state index contributed by atoms with van der Waals surface area (Å²) in [7, 11) is 3.33. The van der Waals surface area contributed by atoms with Crippen molar-refractivity contribution in [3.8, 4) is 17.6 Å². The van der Waals surface area contributed by atoms with E-state index in [9.17, 15) is 5.26 Å². The maximum atomic E-state index is 9.89. The van der Waals surface area contributed by atoms with Gasteiger partial charge in [0, 0.05) is 25.2 Å². The van der Waals surface area contributed by atoms with Gasteiger partial charge in [-0.2, -0.15) is 5.26 Å². The third-order valence-corrected chi connectivity index (χ3v) is 6.14. The van der Waals surface area contributed by atoms with Crippen LogP contribution in [0, 0.1) is 11.3 Å². The number of nitrogens with zero attached hydrogens (tertiary/aromatic N) is 3. The molecule has 2 heterocycles. The van der Waals surface area contributed by atoms with Crippen molar-refractivity contribution in [3.05, 3.63) is 40.5 Å². The van der Waals surface area contributed by atoms with Crippen LogP contribution in [0.4, 0.5) is 0 Å².